The molecular weight excluding hydrogens is 300 g/mol. The molecule has 1 aliphatic heterocycles. The highest BCUT2D eigenvalue weighted by Crippen LogP contribution is 2.18. The first-order valence-electron chi connectivity index (χ1n) is 7.30. The van der Waals surface area contributed by atoms with E-state index in [1.807, 2.05) is 0 Å². The van der Waals surface area contributed by atoms with Crippen LogP contribution in [-0.2, 0) is 7.05 Å². The average Bonchev–Trinajstić information content (AvgIpc) is 3.23. The maximum absolute atomic E-state index is 12.6. The number of furan rings is 1. The van der Waals surface area contributed by atoms with Crippen LogP contribution in [0.3, 0.4) is 0 Å². The highest BCUT2D eigenvalue weighted by atomic mass is 16.5. The van der Waals surface area contributed by atoms with E-state index in [-0.39, 0.29) is 11.8 Å². The fourth-order valence-electron chi connectivity index (χ4n) is 2.60. The van der Waals surface area contributed by atoms with Gasteiger partial charge in [-0.1, -0.05) is 0 Å². The molecule has 122 valence electrons. The molecule has 2 aromatic heterocycles. The average molecular weight is 318 g/mol. The standard InChI is InChI=1S/C15H18N4O4/c1-17-10-11(13(16-17)22-2)14(20)18-5-7-19(8-6-18)15(21)12-4-3-9-23-12/h3-4,9-10H,5-8H2,1-2H3. The van der Waals surface area contributed by atoms with Crippen molar-refractivity contribution in [2.45, 2.75) is 0 Å². The molecule has 0 saturated carbocycles. The Morgan fingerprint density at radius 3 is 2.39 bits per heavy atom. The van der Waals surface area contributed by atoms with Crippen molar-refractivity contribution in [3.63, 3.8) is 0 Å². The van der Waals surface area contributed by atoms with Gasteiger partial charge in [-0.2, -0.15) is 0 Å². The number of amides is 2. The molecule has 0 radical (unpaired) electrons. The molecule has 0 unspecified atom stereocenters. The molecule has 0 spiro atoms. The number of carbonyl (C=O) groups is 2. The molecule has 8 nitrogen and oxygen atoms in total. The Morgan fingerprint density at radius 1 is 1.17 bits per heavy atom. The van der Waals surface area contributed by atoms with Crippen molar-refractivity contribution in [2.24, 2.45) is 7.05 Å². The molecule has 0 bridgehead atoms. The fourth-order valence-corrected chi connectivity index (χ4v) is 2.60. The smallest absolute Gasteiger partial charge is 0.289 e. The van der Waals surface area contributed by atoms with Gasteiger partial charge in [0, 0.05) is 39.4 Å². The van der Waals surface area contributed by atoms with Crippen LogP contribution in [0.15, 0.2) is 29.0 Å². The predicted molar refractivity (Wildman–Crippen MR) is 80.3 cm³/mol. The van der Waals surface area contributed by atoms with Gasteiger partial charge in [-0.3, -0.25) is 14.3 Å². The Labute approximate surface area is 133 Å². The molecule has 0 aliphatic carbocycles. The molecule has 0 aromatic carbocycles. The Morgan fingerprint density at radius 2 is 1.83 bits per heavy atom. The lowest BCUT2D eigenvalue weighted by Crippen LogP contribution is -2.50. The van der Waals surface area contributed by atoms with Gasteiger partial charge >= 0.3 is 0 Å². The van der Waals surface area contributed by atoms with Crippen molar-refractivity contribution in [3.8, 4) is 5.88 Å². The van der Waals surface area contributed by atoms with Crippen molar-refractivity contribution < 1.29 is 18.7 Å². The summed E-state index contributed by atoms with van der Waals surface area (Å²) in [5.74, 6) is 0.339. The lowest BCUT2D eigenvalue weighted by atomic mass is 10.2. The lowest BCUT2D eigenvalue weighted by molar-refractivity contribution is 0.0516. The van der Waals surface area contributed by atoms with Gasteiger partial charge in [0.25, 0.3) is 11.8 Å². The quantitative estimate of drug-likeness (QED) is 0.829. The van der Waals surface area contributed by atoms with E-state index in [4.69, 9.17) is 9.15 Å². The minimum absolute atomic E-state index is 0.139. The number of rotatable bonds is 3. The molecule has 3 heterocycles. The highest BCUT2D eigenvalue weighted by molar-refractivity contribution is 5.96. The van der Waals surface area contributed by atoms with Gasteiger partial charge in [-0.25, -0.2) is 0 Å². The first-order chi connectivity index (χ1) is 11.1. The van der Waals surface area contributed by atoms with E-state index in [2.05, 4.69) is 5.10 Å². The van der Waals surface area contributed by atoms with Crippen molar-refractivity contribution in [2.75, 3.05) is 33.3 Å². The van der Waals surface area contributed by atoms with E-state index in [0.717, 1.165) is 0 Å². The molecule has 23 heavy (non-hydrogen) atoms. The summed E-state index contributed by atoms with van der Waals surface area (Å²) < 4.78 is 11.8. The summed E-state index contributed by atoms with van der Waals surface area (Å²) in [6, 6.07) is 3.32. The fraction of sp³-hybridized carbons (Fsp3) is 0.400. The summed E-state index contributed by atoms with van der Waals surface area (Å²) in [5.41, 5.74) is 0.431. The zero-order valence-electron chi connectivity index (χ0n) is 13.1. The summed E-state index contributed by atoms with van der Waals surface area (Å²) in [6.07, 6.45) is 3.11. The lowest BCUT2D eigenvalue weighted by Gasteiger charge is -2.34. The Balaban J connectivity index is 1.64. The molecule has 0 N–H and O–H groups in total. The van der Waals surface area contributed by atoms with E-state index in [1.165, 1.54) is 13.4 Å². The Kier molecular flexibility index (Phi) is 4.05. The van der Waals surface area contributed by atoms with Crippen LogP contribution in [0.2, 0.25) is 0 Å². The van der Waals surface area contributed by atoms with Gasteiger partial charge in [-0.05, 0) is 12.1 Å². The van der Waals surface area contributed by atoms with Gasteiger partial charge in [0.05, 0.1) is 13.4 Å². The van der Waals surface area contributed by atoms with E-state index >= 15 is 0 Å². The van der Waals surface area contributed by atoms with Gasteiger partial charge in [-0.15, -0.1) is 5.10 Å². The number of carbonyl (C=O) groups excluding carboxylic acids is 2. The van der Waals surface area contributed by atoms with Gasteiger partial charge in [0.15, 0.2) is 5.76 Å². The van der Waals surface area contributed by atoms with Crippen LogP contribution < -0.4 is 4.74 Å². The van der Waals surface area contributed by atoms with Crippen LogP contribution in [-0.4, -0.2) is 64.7 Å². The van der Waals surface area contributed by atoms with Crippen molar-refractivity contribution >= 4 is 11.8 Å². The monoisotopic (exact) mass is 318 g/mol. The summed E-state index contributed by atoms with van der Waals surface area (Å²) in [7, 11) is 3.22. The van der Waals surface area contributed by atoms with Gasteiger partial charge < -0.3 is 19.0 Å². The first-order valence-corrected chi connectivity index (χ1v) is 7.30. The molecule has 2 amide bonds. The van der Waals surface area contributed by atoms with Gasteiger partial charge in [0.2, 0.25) is 5.88 Å². The van der Waals surface area contributed by atoms with E-state index < -0.39 is 0 Å². The first kappa shape index (κ1) is 15.1. The molecule has 8 heteroatoms. The number of nitrogens with zero attached hydrogens (tertiary/aromatic N) is 4. The Bertz CT molecular complexity index is 699. The zero-order valence-corrected chi connectivity index (χ0v) is 13.1. The predicted octanol–water partition coefficient (Wildman–Crippen LogP) is 0.620. The van der Waals surface area contributed by atoms with E-state index in [0.29, 0.717) is 43.4 Å². The van der Waals surface area contributed by atoms with Crippen molar-refractivity contribution in [3.05, 3.63) is 35.9 Å². The van der Waals surface area contributed by atoms with Crippen LogP contribution in [0.4, 0.5) is 0 Å². The van der Waals surface area contributed by atoms with Crippen molar-refractivity contribution in [1.29, 1.82) is 0 Å². The van der Waals surface area contributed by atoms with Gasteiger partial charge in [0.1, 0.15) is 5.56 Å². The highest BCUT2D eigenvalue weighted by Gasteiger charge is 2.28. The van der Waals surface area contributed by atoms with Crippen LogP contribution in [0.25, 0.3) is 0 Å². The summed E-state index contributed by atoms with van der Waals surface area (Å²) >= 11 is 0. The maximum atomic E-state index is 12.6. The molecule has 3 rings (SSSR count). The number of piperazine rings is 1. The molecule has 1 saturated heterocycles. The number of aryl methyl sites for hydroxylation is 1. The molecule has 2 aromatic rings. The summed E-state index contributed by atoms with van der Waals surface area (Å²) in [6.45, 7) is 1.86. The molecule has 1 fully saturated rings. The van der Waals surface area contributed by atoms with Crippen LogP contribution >= 0.6 is 0 Å². The summed E-state index contributed by atoms with van der Waals surface area (Å²) in [4.78, 5) is 28.2. The number of hydrogen-bond acceptors (Lipinski definition) is 5. The summed E-state index contributed by atoms with van der Waals surface area (Å²) in [5, 5.41) is 4.09. The third kappa shape index (κ3) is 2.92. The second-order valence-electron chi connectivity index (χ2n) is 5.29. The van der Waals surface area contributed by atoms with Crippen LogP contribution in [0.5, 0.6) is 5.88 Å². The number of hydrogen-bond donors (Lipinski definition) is 0. The third-order valence-corrected chi connectivity index (χ3v) is 3.80. The van der Waals surface area contributed by atoms with Crippen molar-refractivity contribution in [1.82, 2.24) is 19.6 Å². The normalized spacial score (nSPS) is 14.9. The maximum Gasteiger partial charge on any atom is 0.289 e. The Hall–Kier alpha value is -2.77. The largest absolute Gasteiger partial charge is 0.479 e. The van der Waals surface area contributed by atoms with Crippen LogP contribution in [0, 0.1) is 0 Å². The van der Waals surface area contributed by atoms with E-state index in [1.54, 1.807) is 39.9 Å². The molecule has 0 atom stereocenters. The second-order valence-corrected chi connectivity index (χ2v) is 5.29. The second kappa shape index (κ2) is 6.15. The minimum atomic E-state index is -0.152. The number of methoxy groups -OCH3 is 1. The topological polar surface area (TPSA) is 80.8 Å². The third-order valence-electron chi connectivity index (χ3n) is 3.80. The number of ether oxygens (including phenoxy) is 1. The van der Waals surface area contributed by atoms with E-state index in [9.17, 15) is 9.59 Å². The number of aromatic nitrogens is 2. The minimum Gasteiger partial charge on any atom is -0.479 e. The van der Waals surface area contributed by atoms with Crippen LogP contribution in [0.1, 0.15) is 20.9 Å². The zero-order chi connectivity index (χ0) is 16.4. The SMILES string of the molecule is COc1nn(C)cc1C(=O)N1CCN(C(=O)c2ccco2)CC1. The molecular formula is C15H18N4O4. The molecule has 1 aliphatic rings.